The third-order valence-electron chi connectivity index (χ3n) is 4.35. The van der Waals surface area contributed by atoms with Crippen LogP contribution in [0.25, 0.3) is 0 Å². The molecule has 1 rings (SSSR count). The highest BCUT2D eigenvalue weighted by atomic mass is 32.2. The first-order chi connectivity index (χ1) is 16.8. The number of nitrogens with zero attached hydrogens (tertiary/aromatic N) is 2. The number of hydrogen-bond acceptors (Lipinski definition) is 8. The molecule has 0 aliphatic rings. The molecule has 1 aromatic rings. The highest BCUT2D eigenvalue weighted by Crippen LogP contribution is 2.58. The van der Waals surface area contributed by atoms with Crippen molar-refractivity contribution in [2.24, 2.45) is 0 Å². The standard InChI is InChI=1S/C15H8F12N2O8S/c16-10(17)12(20,21)14(24,25)15(26,27)13(22,23)11(18,19)5-37-9(30)4-38(35,36)8-2-1-6(28(31)32)3-7(8)29(33)34/h1-3,10H,4-5H2. The van der Waals surface area contributed by atoms with E-state index >= 15 is 0 Å². The van der Waals surface area contributed by atoms with Crippen molar-refractivity contribution in [2.75, 3.05) is 12.4 Å². The summed E-state index contributed by atoms with van der Waals surface area (Å²) in [4.78, 5) is 28.9. The smallest absolute Gasteiger partial charge is 0.384 e. The second kappa shape index (κ2) is 10.1. The number of halogens is 12. The summed E-state index contributed by atoms with van der Waals surface area (Å²) in [6.07, 6.45) is -5.74. The average Bonchev–Trinajstić information content (AvgIpc) is 2.76. The van der Waals surface area contributed by atoms with E-state index in [0.29, 0.717) is 6.07 Å². The lowest BCUT2D eigenvalue weighted by Gasteiger charge is -2.38. The maximum Gasteiger partial charge on any atom is 0.384 e. The fraction of sp³-hybridized carbons (Fsp3) is 0.533. The van der Waals surface area contributed by atoms with Crippen LogP contribution < -0.4 is 0 Å². The van der Waals surface area contributed by atoms with E-state index in [-0.39, 0.29) is 12.1 Å². The van der Waals surface area contributed by atoms with Crippen molar-refractivity contribution in [2.45, 2.75) is 40.9 Å². The Morgan fingerprint density at radius 1 is 0.868 bits per heavy atom. The third kappa shape index (κ3) is 5.55. The lowest BCUT2D eigenvalue weighted by Crippen LogP contribution is -2.69. The molecule has 1 aromatic carbocycles. The molecule has 0 N–H and O–H groups in total. The largest absolute Gasteiger partial charge is 0.458 e. The minimum atomic E-state index is -7.92. The molecule has 0 unspecified atom stereocenters. The van der Waals surface area contributed by atoms with E-state index < -0.39 is 90.3 Å². The van der Waals surface area contributed by atoms with Crippen LogP contribution in [0.1, 0.15) is 0 Å². The number of carbonyl (C=O) groups excluding carboxylic acids is 1. The Morgan fingerprint density at radius 2 is 1.37 bits per heavy atom. The van der Waals surface area contributed by atoms with Crippen molar-refractivity contribution in [3.05, 3.63) is 38.4 Å². The first kappa shape index (κ1) is 32.6. The first-order valence-corrected chi connectivity index (χ1v) is 10.4. The summed E-state index contributed by atoms with van der Waals surface area (Å²) in [6.45, 7) is -3.40. The summed E-state index contributed by atoms with van der Waals surface area (Å²) in [5.41, 5.74) is -2.60. The number of benzene rings is 1. The number of esters is 1. The van der Waals surface area contributed by atoms with Crippen LogP contribution >= 0.6 is 0 Å². The van der Waals surface area contributed by atoms with Gasteiger partial charge in [0.15, 0.2) is 22.2 Å². The van der Waals surface area contributed by atoms with Crippen molar-refractivity contribution in [3.63, 3.8) is 0 Å². The van der Waals surface area contributed by atoms with E-state index in [4.69, 9.17) is 0 Å². The van der Waals surface area contributed by atoms with Crippen LogP contribution in [0.15, 0.2) is 23.1 Å². The Hall–Kier alpha value is -3.40. The zero-order chi connectivity index (χ0) is 30.3. The van der Waals surface area contributed by atoms with Gasteiger partial charge < -0.3 is 4.74 Å². The number of hydrogen-bond donors (Lipinski definition) is 0. The van der Waals surface area contributed by atoms with E-state index in [1.165, 1.54) is 0 Å². The summed E-state index contributed by atoms with van der Waals surface area (Å²) in [5.74, 6) is -42.2. The molecule has 0 radical (unpaired) electrons. The minimum Gasteiger partial charge on any atom is -0.458 e. The molecular formula is C15H8F12N2O8S. The van der Waals surface area contributed by atoms with Crippen molar-refractivity contribution < 1.29 is 80.5 Å². The molecule has 216 valence electrons. The van der Waals surface area contributed by atoms with Gasteiger partial charge in [-0.3, -0.25) is 25.0 Å². The zero-order valence-corrected chi connectivity index (χ0v) is 18.1. The number of ether oxygens (including phenoxy) is 1. The van der Waals surface area contributed by atoms with Gasteiger partial charge in [0.2, 0.25) is 0 Å². The van der Waals surface area contributed by atoms with Gasteiger partial charge in [0, 0.05) is 6.07 Å². The van der Waals surface area contributed by atoms with Gasteiger partial charge in [0.05, 0.1) is 15.9 Å². The monoisotopic (exact) mass is 604 g/mol. The molecule has 23 heteroatoms. The van der Waals surface area contributed by atoms with Crippen molar-refractivity contribution in [1.29, 1.82) is 0 Å². The lowest BCUT2D eigenvalue weighted by atomic mass is 9.94. The Balaban J connectivity index is 3.22. The Kier molecular flexibility index (Phi) is 8.63. The van der Waals surface area contributed by atoms with Crippen LogP contribution in [0.4, 0.5) is 64.1 Å². The molecule has 0 saturated carbocycles. The Bertz CT molecular complexity index is 1220. The van der Waals surface area contributed by atoms with E-state index in [0.717, 1.165) is 0 Å². The quantitative estimate of drug-likeness (QED) is 0.149. The fourth-order valence-electron chi connectivity index (χ4n) is 2.33. The van der Waals surface area contributed by atoms with Crippen LogP contribution in [-0.4, -0.2) is 72.6 Å². The number of alkyl halides is 12. The summed E-state index contributed by atoms with van der Waals surface area (Å²) in [6, 6.07) is 0.620. The van der Waals surface area contributed by atoms with Gasteiger partial charge in [-0.1, -0.05) is 0 Å². The maximum absolute atomic E-state index is 13.6. The molecule has 0 atom stereocenters. The van der Waals surface area contributed by atoms with Crippen molar-refractivity contribution in [1.82, 2.24) is 0 Å². The second-order valence-corrected chi connectivity index (χ2v) is 8.90. The molecule has 0 aromatic heterocycles. The van der Waals surface area contributed by atoms with Gasteiger partial charge in [-0.25, -0.2) is 17.2 Å². The summed E-state index contributed by atoms with van der Waals surface area (Å²) in [5, 5.41) is 21.6. The molecule has 10 nitrogen and oxygen atoms in total. The van der Waals surface area contributed by atoms with Crippen molar-refractivity contribution >= 4 is 27.2 Å². The number of nitro groups is 2. The summed E-state index contributed by atoms with van der Waals surface area (Å²) >= 11 is 0. The van der Waals surface area contributed by atoms with Crippen LogP contribution in [0.2, 0.25) is 0 Å². The zero-order valence-electron chi connectivity index (χ0n) is 17.3. The summed E-state index contributed by atoms with van der Waals surface area (Å²) in [7, 11) is -5.38. The molecule has 0 saturated heterocycles. The molecule has 0 bridgehead atoms. The highest BCUT2D eigenvalue weighted by Gasteiger charge is 2.87. The maximum atomic E-state index is 13.6. The second-order valence-electron chi connectivity index (χ2n) is 6.94. The summed E-state index contributed by atoms with van der Waals surface area (Å²) < 4.78 is 185. The van der Waals surface area contributed by atoms with E-state index in [9.17, 15) is 86.1 Å². The minimum absolute atomic E-state index is 0.0738. The van der Waals surface area contributed by atoms with Crippen LogP contribution in [0, 0.1) is 20.2 Å². The number of rotatable bonds is 12. The average molecular weight is 604 g/mol. The topological polar surface area (TPSA) is 147 Å². The van der Waals surface area contributed by atoms with Gasteiger partial charge in [-0.15, -0.1) is 0 Å². The predicted octanol–water partition coefficient (Wildman–Crippen LogP) is 4.26. The van der Waals surface area contributed by atoms with E-state index in [2.05, 4.69) is 4.74 Å². The number of sulfone groups is 1. The first-order valence-electron chi connectivity index (χ1n) is 8.76. The number of carbonyl (C=O) groups is 1. The highest BCUT2D eigenvalue weighted by molar-refractivity contribution is 7.92. The molecule has 0 aliphatic heterocycles. The normalized spacial score (nSPS) is 13.9. The van der Waals surface area contributed by atoms with E-state index in [1.807, 2.05) is 0 Å². The van der Waals surface area contributed by atoms with E-state index in [1.54, 1.807) is 0 Å². The van der Waals surface area contributed by atoms with Crippen LogP contribution in [0.3, 0.4) is 0 Å². The van der Waals surface area contributed by atoms with Gasteiger partial charge >= 0.3 is 42.0 Å². The lowest BCUT2D eigenvalue weighted by molar-refractivity contribution is -0.414. The molecule has 0 spiro atoms. The van der Waals surface area contributed by atoms with Crippen molar-refractivity contribution in [3.8, 4) is 0 Å². The SMILES string of the molecule is O=C(CS(=O)(=O)c1ccc([N+](=O)[O-])cc1[N+](=O)[O-])OCC(F)(F)C(F)(F)C(F)(F)C(F)(F)C(F)(F)C(F)F. The molecular weight excluding hydrogens is 596 g/mol. The molecule has 0 amide bonds. The third-order valence-corrected chi connectivity index (χ3v) is 5.98. The molecule has 0 heterocycles. The van der Waals surface area contributed by atoms with Gasteiger partial charge in [0.1, 0.15) is 4.90 Å². The molecule has 0 aliphatic carbocycles. The van der Waals surface area contributed by atoms with Crippen LogP contribution in [0.5, 0.6) is 0 Å². The predicted molar refractivity (Wildman–Crippen MR) is 93.5 cm³/mol. The van der Waals surface area contributed by atoms with Gasteiger partial charge in [0.25, 0.3) is 11.4 Å². The Morgan fingerprint density at radius 3 is 1.79 bits per heavy atom. The Labute approximate surface area is 200 Å². The van der Waals surface area contributed by atoms with Crippen LogP contribution in [-0.2, 0) is 19.4 Å². The van der Waals surface area contributed by atoms with Gasteiger partial charge in [-0.05, 0) is 6.07 Å². The van der Waals surface area contributed by atoms with Gasteiger partial charge in [-0.2, -0.15) is 43.9 Å². The molecule has 0 fully saturated rings. The molecule has 38 heavy (non-hydrogen) atoms. The fourth-order valence-corrected chi connectivity index (χ4v) is 3.61. The number of nitro benzene ring substituents is 2. The number of non-ortho nitro benzene ring substituents is 1.